The Morgan fingerprint density at radius 2 is 1.57 bits per heavy atom. The number of aromatic nitrogens is 1. The van der Waals surface area contributed by atoms with E-state index in [4.69, 9.17) is 4.98 Å². The van der Waals surface area contributed by atoms with Crippen molar-refractivity contribution in [1.29, 1.82) is 0 Å². The summed E-state index contributed by atoms with van der Waals surface area (Å²) in [4.78, 5) is 21.5. The molecule has 7 nitrogen and oxygen atoms in total. The molecule has 40 heavy (non-hydrogen) atoms. The summed E-state index contributed by atoms with van der Waals surface area (Å²) in [6.07, 6.45) is 0.749. The van der Waals surface area contributed by atoms with Gasteiger partial charge >= 0.3 is 0 Å². The van der Waals surface area contributed by atoms with Crippen molar-refractivity contribution in [1.82, 2.24) is 19.5 Å². The number of para-hydroxylation sites is 1. The van der Waals surface area contributed by atoms with Crippen LogP contribution in [0.25, 0.3) is 22.2 Å². The van der Waals surface area contributed by atoms with Gasteiger partial charge in [0.1, 0.15) is 0 Å². The van der Waals surface area contributed by atoms with E-state index in [-0.39, 0.29) is 11.9 Å². The SMILES string of the molecule is C=CS(=O)(=O)N1CCN(Cc2c(-c3ccccc3)nc3ccccc3c2C(=O)NC(CC)c2ccccc2)CC1. The zero-order valence-electron chi connectivity index (χ0n) is 22.7. The second kappa shape index (κ2) is 12.1. The van der Waals surface area contributed by atoms with Crippen LogP contribution < -0.4 is 5.32 Å². The van der Waals surface area contributed by atoms with E-state index in [0.29, 0.717) is 38.3 Å². The van der Waals surface area contributed by atoms with Gasteiger partial charge < -0.3 is 5.32 Å². The second-order valence-corrected chi connectivity index (χ2v) is 11.8. The summed E-state index contributed by atoms with van der Waals surface area (Å²) in [6.45, 7) is 7.79. The lowest BCUT2D eigenvalue weighted by Gasteiger charge is -2.34. The number of carbonyl (C=O) groups is 1. The van der Waals surface area contributed by atoms with Crippen LogP contribution >= 0.6 is 0 Å². The van der Waals surface area contributed by atoms with E-state index in [1.54, 1.807) is 0 Å². The molecule has 8 heteroatoms. The molecule has 0 saturated carbocycles. The minimum absolute atomic E-state index is 0.138. The molecule has 1 saturated heterocycles. The van der Waals surface area contributed by atoms with Crippen molar-refractivity contribution in [3.63, 3.8) is 0 Å². The highest BCUT2D eigenvalue weighted by molar-refractivity contribution is 7.92. The van der Waals surface area contributed by atoms with Gasteiger partial charge in [0.15, 0.2) is 0 Å². The lowest BCUT2D eigenvalue weighted by Crippen LogP contribution is -2.47. The molecule has 0 aliphatic carbocycles. The smallest absolute Gasteiger partial charge is 0.252 e. The van der Waals surface area contributed by atoms with Gasteiger partial charge in [-0.1, -0.05) is 92.4 Å². The number of hydrogen-bond donors (Lipinski definition) is 1. The highest BCUT2D eigenvalue weighted by Gasteiger charge is 2.28. The molecule has 1 aliphatic rings. The van der Waals surface area contributed by atoms with E-state index >= 15 is 0 Å². The number of carbonyl (C=O) groups excluding carboxylic acids is 1. The Hall–Kier alpha value is -3.85. The Morgan fingerprint density at radius 1 is 0.950 bits per heavy atom. The van der Waals surface area contributed by atoms with Gasteiger partial charge in [-0.05, 0) is 18.1 Å². The van der Waals surface area contributed by atoms with E-state index in [0.717, 1.165) is 45.1 Å². The van der Waals surface area contributed by atoms with Crippen molar-refractivity contribution in [3.8, 4) is 11.3 Å². The van der Waals surface area contributed by atoms with E-state index in [2.05, 4.69) is 23.7 Å². The largest absolute Gasteiger partial charge is 0.345 e. The first-order valence-electron chi connectivity index (χ1n) is 13.6. The van der Waals surface area contributed by atoms with E-state index in [1.807, 2.05) is 84.9 Å². The first-order chi connectivity index (χ1) is 19.4. The van der Waals surface area contributed by atoms with Crippen molar-refractivity contribution in [3.05, 3.63) is 114 Å². The van der Waals surface area contributed by atoms with Crippen LogP contribution in [0.2, 0.25) is 0 Å². The quantitative estimate of drug-likeness (QED) is 0.301. The Morgan fingerprint density at radius 3 is 2.23 bits per heavy atom. The Labute approximate surface area is 236 Å². The topological polar surface area (TPSA) is 82.6 Å². The van der Waals surface area contributed by atoms with Crippen LogP contribution in [0.3, 0.4) is 0 Å². The summed E-state index contributed by atoms with van der Waals surface area (Å²) in [5.74, 6) is -0.144. The van der Waals surface area contributed by atoms with Crippen molar-refractivity contribution in [2.24, 2.45) is 0 Å². The minimum Gasteiger partial charge on any atom is -0.345 e. The highest BCUT2D eigenvalue weighted by Crippen LogP contribution is 2.32. The van der Waals surface area contributed by atoms with Gasteiger partial charge in [-0.2, -0.15) is 4.31 Å². The fourth-order valence-electron chi connectivity index (χ4n) is 5.31. The maximum atomic E-state index is 14.2. The molecule has 0 radical (unpaired) electrons. The van der Waals surface area contributed by atoms with Crippen LogP contribution in [0.5, 0.6) is 0 Å². The van der Waals surface area contributed by atoms with Crippen LogP contribution in [0.4, 0.5) is 0 Å². The molecular weight excluding hydrogens is 520 g/mol. The van der Waals surface area contributed by atoms with Crippen LogP contribution in [-0.2, 0) is 16.6 Å². The Balaban J connectivity index is 1.58. The molecule has 1 unspecified atom stereocenters. The van der Waals surface area contributed by atoms with Gasteiger partial charge in [0, 0.05) is 54.6 Å². The zero-order valence-corrected chi connectivity index (χ0v) is 23.5. The second-order valence-electron chi connectivity index (χ2n) is 9.93. The van der Waals surface area contributed by atoms with Gasteiger partial charge in [-0.25, -0.2) is 13.4 Å². The predicted octanol–water partition coefficient (Wildman–Crippen LogP) is 5.37. The summed E-state index contributed by atoms with van der Waals surface area (Å²) in [7, 11) is -3.47. The number of piperazine rings is 1. The average Bonchev–Trinajstić information content (AvgIpc) is 3.00. The molecule has 5 rings (SSSR count). The Bertz CT molecular complexity index is 1600. The third kappa shape index (κ3) is 5.84. The third-order valence-electron chi connectivity index (χ3n) is 7.47. The third-order valence-corrected chi connectivity index (χ3v) is 8.97. The van der Waals surface area contributed by atoms with Gasteiger partial charge in [0.2, 0.25) is 10.0 Å². The highest BCUT2D eigenvalue weighted by atomic mass is 32.2. The normalized spacial score (nSPS) is 15.5. The van der Waals surface area contributed by atoms with Crippen molar-refractivity contribution in [2.75, 3.05) is 26.2 Å². The van der Waals surface area contributed by atoms with Crippen molar-refractivity contribution in [2.45, 2.75) is 25.9 Å². The lowest BCUT2D eigenvalue weighted by molar-refractivity contribution is 0.0934. The zero-order chi connectivity index (χ0) is 28.1. The fraction of sp³-hybridized carbons (Fsp3) is 0.250. The van der Waals surface area contributed by atoms with Crippen LogP contribution in [-0.4, -0.2) is 54.7 Å². The molecule has 2 heterocycles. The number of rotatable bonds is 9. The fourth-order valence-corrected chi connectivity index (χ4v) is 6.19. The van der Waals surface area contributed by atoms with Gasteiger partial charge in [-0.15, -0.1) is 0 Å². The molecule has 0 bridgehead atoms. The number of nitrogens with one attached hydrogen (secondary N) is 1. The molecule has 4 aromatic rings. The van der Waals surface area contributed by atoms with E-state index in [9.17, 15) is 13.2 Å². The first-order valence-corrected chi connectivity index (χ1v) is 15.1. The number of pyridine rings is 1. The Kier molecular flexibility index (Phi) is 8.40. The summed E-state index contributed by atoms with van der Waals surface area (Å²) in [5.41, 5.74) is 4.95. The molecule has 1 atom stereocenters. The minimum atomic E-state index is -3.47. The number of sulfonamides is 1. The summed E-state index contributed by atoms with van der Waals surface area (Å²) in [6, 6.07) is 27.5. The van der Waals surface area contributed by atoms with Crippen molar-refractivity contribution >= 4 is 26.8 Å². The lowest BCUT2D eigenvalue weighted by atomic mass is 9.94. The summed E-state index contributed by atoms with van der Waals surface area (Å²) >= 11 is 0. The molecule has 0 spiro atoms. The molecular formula is C32H34N4O3S. The number of nitrogens with zero attached hydrogens (tertiary/aromatic N) is 3. The molecule has 1 fully saturated rings. The van der Waals surface area contributed by atoms with Gasteiger partial charge in [-0.3, -0.25) is 9.69 Å². The first kappa shape index (κ1) is 27.7. The number of benzene rings is 3. The number of hydrogen-bond acceptors (Lipinski definition) is 5. The van der Waals surface area contributed by atoms with E-state index < -0.39 is 10.0 Å². The molecule has 1 aromatic heterocycles. The summed E-state index contributed by atoms with van der Waals surface area (Å²) < 4.78 is 26.1. The number of amides is 1. The monoisotopic (exact) mass is 554 g/mol. The van der Waals surface area contributed by atoms with Crippen molar-refractivity contribution < 1.29 is 13.2 Å². The molecule has 1 N–H and O–H groups in total. The molecule has 1 amide bonds. The van der Waals surface area contributed by atoms with E-state index in [1.165, 1.54) is 4.31 Å². The van der Waals surface area contributed by atoms with Crippen LogP contribution in [0.1, 0.15) is 40.9 Å². The molecule has 3 aromatic carbocycles. The van der Waals surface area contributed by atoms with Crippen LogP contribution in [0.15, 0.2) is 96.9 Å². The molecule has 1 aliphatic heterocycles. The standard InChI is InChI=1S/C32H34N4O3S/c1-3-28(24-13-7-5-8-14-24)34-32(37)30-26-17-11-12-18-29(26)33-31(25-15-9-6-10-16-25)27(30)23-35-19-21-36(22-20-35)40(38,39)4-2/h4-18,28H,2-3,19-23H2,1H3,(H,34,37). The molecule has 206 valence electrons. The van der Waals surface area contributed by atoms with Gasteiger partial charge in [0.25, 0.3) is 5.91 Å². The maximum Gasteiger partial charge on any atom is 0.252 e. The maximum absolute atomic E-state index is 14.2. The van der Waals surface area contributed by atoms with Gasteiger partial charge in [0.05, 0.1) is 22.8 Å². The summed E-state index contributed by atoms with van der Waals surface area (Å²) in [5, 5.41) is 5.10. The van der Waals surface area contributed by atoms with Crippen LogP contribution in [0, 0.1) is 0 Å². The average molecular weight is 555 g/mol. The number of fused-ring (bicyclic) bond motifs is 1. The predicted molar refractivity (Wildman–Crippen MR) is 160 cm³/mol.